The maximum Gasteiger partial charge on any atom is 0.224 e. The summed E-state index contributed by atoms with van der Waals surface area (Å²) in [6, 6.07) is 18.3. The lowest BCUT2D eigenvalue weighted by Gasteiger charge is -2.36. The highest BCUT2D eigenvalue weighted by molar-refractivity contribution is 9.10. The van der Waals surface area contributed by atoms with Gasteiger partial charge in [0.05, 0.1) is 0 Å². The lowest BCUT2D eigenvalue weighted by molar-refractivity contribution is -0.131. The molecule has 1 saturated heterocycles. The van der Waals surface area contributed by atoms with Gasteiger partial charge in [0.25, 0.3) is 0 Å². The van der Waals surface area contributed by atoms with E-state index in [4.69, 9.17) is 0 Å². The van der Waals surface area contributed by atoms with Gasteiger partial charge in [0.2, 0.25) is 11.8 Å². The number of rotatable bonds is 8. The van der Waals surface area contributed by atoms with Crippen molar-refractivity contribution in [2.24, 2.45) is 0 Å². The van der Waals surface area contributed by atoms with Crippen LogP contribution in [0.5, 0.6) is 0 Å². The summed E-state index contributed by atoms with van der Waals surface area (Å²) < 4.78 is 1.04. The van der Waals surface area contributed by atoms with E-state index < -0.39 is 0 Å². The Bertz CT molecular complexity index is 811. The van der Waals surface area contributed by atoms with Gasteiger partial charge in [-0.05, 0) is 40.2 Å². The van der Waals surface area contributed by atoms with Crippen LogP contribution in [0.25, 0.3) is 0 Å². The van der Waals surface area contributed by atoms with E-state index in [1.807, 2.05) is 47.4 Å². The molecule has 1 N–H and O–H groups in total. The molecule has 0 aromatic heterocycles. The number of nitrogens with one attached hydrogen (secondary N) is 1. The summed E-state index contributed by atoms with van der Waals surface area (Å²) in [6.07, 6.45) is 0.796. The van der Waals surface area contributed by atoms with E-state index in [0.29, 0.717) is 25.1 Å². The molecular formula is C22H26BrN3O2S. The summed E-state index contributed by atoms with van der Waals surface area (Å²) in [4.78, 5) is 29.7. The lowest BCUT2D eigenvalue weighted by Crippen LogP contribution is -2.49. The molecule has 0 atom stereocenters. The molecule has 5 nitrogen and oxygen atoms in total. The highest BCUT2D eigenvalue weighted by Crippen LogP contribution is 2.27. The Hall–Kier alpha value is -1.99. The van der Waals surface area contributed by atoms with E-state index in [-0.39, 0.29) is 11.8 Å². The van der Waals surface area contributed by atoms with Crippen LogP contribution >= 0.6 is 27.7 Å². The van der Waals surface area contributed by atoms with Gasteiger partial charge in [-0.1, -0.05) is 30.3 Å². The zero-order valence-electron chi connectivity index (χ0n) is 16.4. The molecule has 29 heavy (non-hydrogen) atoms. The topological polar surface area (TPSA) is 52.7 Å². The Kier molecular flexibility index (Phi) is 8.43. The van der Waals surface area contributed by atoms with Crippen molar-refractivity contribution in [3.05, 3.63) is 59.1 Å². The van der Waals surface area contributed by atoms with Crippen LogP contribution in [0.2, 0.25) is 0 Å². The normalized spacial score (nSPS) is 14.0. The standard InChI is InChI=1S/C22H26BrN3O2S/c23-19-8-4-5-9-20(19)29-17-11-21(27)24-12-10-22(28)26-15-13-25(14-16-26)18-6-2-1-3-7-18/h1-9H,10-17H2,(H,24,27). The number of carbonyl (C=O) groups excluding carboxylic acids is 2. The first-order valence-corrected chi connectivity index (χ1v) is 11.6. The molecule has 0 unspecified atom stereocenters. The van der Waals surface area contributed by atoms with Crippen molar-refractivity contribution < 1.29 is 9.59 Å². The number of carbonyl (C=O) groups is 2. The molecule has 3 rings (SSSR count). The predicted molar refractivity (Wildman–Crippen MR) is 122 cm³/mol. The van der Waals surface area contributed by atoms with Crippen LogP contribution in [0.1, 0.15) is 12.8 Å². The van der Waals surface area contributed by atoms with E-state index in [2.05, 4.69) is 38.3 Å². The van der Waals surface area contributed by atoms with Crippen LogP contribution in [0.15, 0.2) is 64.0 Å². The smallest absolute Gasteiger partial charge is 0.224 e. The number of benzene rings is 2. The van der Waals surface area contributed by atoms with E-state index >= 15 is 0 Å². The molecule has 1 heterocycles. The molecule has 2 aromatic carbocycles. The number of para-hydroxylation sites is 1. The quantitative estimate of drug-likeness (QED) is 0.590. The predicted octanol–water partition coefficient (Wildman–Crippen LogP) is 3.79. The molecule has 0 spiro atoms. The minimum absolute atomic E-state index is 0.00810. The Balaban J connectivity index is 1.30. The van der Waals surface area contributed by atoms with Crippen LogP contribution in [-0.4, -0.2) is 55.2 Å². The summed E-state index contributed by atoms with van der Waals surface area (Å²) in [5.74, 6) is 0.816. The average molecular weight is 476 g/mol. The second-order valence-corrected chi connectivity index (χ2v) is 8.82. The van der Waals surface area contributed by atoms with E-state index in [1.54, 1.807) is 11.8 Å². The highest BCUT2D eigenvalue weighted by Gasteiger charge is 2.20. The van der Waals surface area contributed by atoms with Crippen molar-refractivity contribution in [3.8, 4) is 0 Å². The molecule has 0 bridgehead atoms. The first-order valence-electron chi connectivity index (χ1n) is 9.85. The second-order valence-electron chi connectivity index (χ2n) is 6.83. The summed E-state index contributed by atoms with van der Waals surface area (Å²) in [5.41, 5.74) is 1.20. The minimum Gasteiger partial charge on any atom is -0.368 e. The first-order chi connectivity index (χ1) is 14.1. The van der Waals surface area contributed by atoms with Gasteiger partial charge < -0.3 is 15.1 Å². The van der Waals surface area contributed by atoms with Crippen LogP contribution in [0.3, 0.4) is 0 Å². The molecule has 1 aliphatic rings. The minimum atomic E-state index is -0.00810. The third kappa shape index (κ3) is 6.78. The van der Waals surface area contributed by atoms with Crippen molar-refractivity contribution in [1.29, 1.82) is 0 Å². The zero-order chi connectivity index (χ0) is 20.5. The maximum atomic E-state index is 12.4. The fourth-order valence-corrected chi connectivity index (χ4v) is 4.74. The third-order valence-corrected chi connectivity index (χ3v) is 6.87. The molecule has 2 aromatic rings. The van der Waals surface area contributed by atoms with Crippen LogP contribution in [-0.2, 0) is 9.59 Å². The summed E-state index contributed by atoms with van der Waals surface area (Å²) in [7, 11) is 0. The molecule has 0 radical (unpaired) electrons. The van der Waals surface area contributed by atoms with Crippen LogP contribution in [0.4, 0.5) is 5.69 Å². The number of amides is 2. The van der Waals surface area contributed by atoms with Gasteiger partial charge in [0.1, 0.15) is 0 Å². The van der Waals surface area contributed by atoms with Crippen molar-refractivity contribution >= 4 is 45.2 Å². The van der Waals surface area contributed by atoms with Gasteiger partial charge in [-0.25, -0.2) is 0 Å². The summed E-state index contributed by atoms with van der Waals surface area (Å²) >= 11 is 5.16. The number of piperazine rings is 1. The lowest BCUT2D eigenvalue weighted by atomic mass is 10.2. The number of hydrogen-bond donors (Lipinski definition) is 1. The van der Waals surface area contributed by atoms with Gasteiger partial charge >= 0.3 is 0 Å². The van der Waals surface area contributed by atoms with Gasteiger partial charge in [0, 0.05) is 66.4 Å². The van der Waals surface area contributed by atoms with Crippen molar-refractivity contribution in [2.45, 2.75) is 17.7 Å². The molecular weight excluding hydrogens is 450 g/mol. The number of nitrogens with zero attached hydrogens (tertiary/aromatic N) is 2. The van der Waals surface area contributed by atoms with E-state index in [0.717, 1.165) is 35.5 Å². The summed E-state index contributed by atoms with van der Waals surface area (Å²) in [6.45, 7) is 3.54. The first kappa shape index (κ1) is 21.7. The van der Waals surface area contributed by atoms with Crippen molar-refractivity contribution in [3.63, 3.8) is 0 Å². The largest absolute Gasteiger partial charge is 0.368 e. The molecule has 1 fully saturated rings. The Labute approximate surface area is 185 Å². The maximum absolute atomic E-state index is 12.4. The Morgan fingerprint density at radius 2 is 1.62 bits per heavy atom. The summed E-state index contributed by atoms with van der Waals surface area (Å²) in [5, 5.41) is 2.87. The molecule has 0 saturated carbocycles. The van der Waals surface area contributed by atoms with Gasteiger partial charge in [-0.2, -0.15) is 0 Å². The number of halogens is 1. The second kappa shape index (κ2) is 11.3. The van der Waals surface area contributed by atoms with Crippen LogP contribution in [0, 0.1) is 0 Å². The van der Waals surface area contributed by atoms with Crippen molar-refractivity contribution in [2.75, 3.05) is 43.4 Å². The van der Waals surface area contributed by atoms with E-state index in [9.17, 15) is 9.59 Å². The third-order valence-electron chi connectivity index (χ3n) is 4.84. The zero-order valence-corrected chi connectivity index (χ0v) is 18.8. The van der Waals surface area contributed by atoms with E-state index in [1.165, 1.54) is 5.69 Å². The van der Waals surface area contributed by atoms with Gasteiger partial charge in [-0.3, -0.25) is 9.59 Å². The molecule has 154 valence electrons. The number of thioether (sulfide) groups is 1. The van der Waals surface area contributed by atoms with Gasteiger partial charge in [-0.15, -0.1) is 11.8 Å². The van der Waals surface area contributed by atoms with Gasteiger partial charge in [0.15, 0.2) is 0 Å². The molecule has 2 amide bonds. The van der Waals surface area contributed by atoms with Crippen LogP contribution < -0.4 is 10.2 Å². The van der Waals surface area contributed by atoms with Crippen molar-refractivity contribution in [1.82, 2.24) is 10.2 Å². The average Bonchev–Trinajstić information content (AvgIpc) is 2.76. The number of anilines is 1. The Morgan fingerprint density at radius 3 is 2.34 bits per heavy atom. The SMILES string of the molecule is O=C(CCSc1ccccc1Br)NCCC(=O)N1CCN(c2ccccc2)CC1. The number of hydrogen-bond acceptors (Lipinski definition) is 4. The fourth-order valence-electron chi connectivity index (χ4n) is 3.22. The molecule has 0 aliphatic carbocycles. The highest BCUT2D eigenvalue weighted by atomic mass is 79.9. The molecule has 7 heteroatoms. The monoisotopic (exact) mass is 475 g/mol. The Morgan fingerprint density at radius 1 is 0.931 bits per heavy atom. The fraction of sp³-hybridized carbons (Fsp3) is 0.364. The molecule has 1 aliphatic heterocycles.